The minimum absolute atomic E-state index is 0.0856. The van der Waals surface area contributed by atoms with E-state index in [0.29, 0.717) is 17.4 Å². The zero-order valence-corrected chi connectivity index (χ0v) is 19.5. The van der Waals surface area contributed by atoms with Gasteiger partial charge in [-0.15, -0.1) is 11.3 Å². The van der Waals surface area contributed by atoms with Gasteiger partial charge in [-0.3, -0.25) is 4.79 Å². The number of nitrogens with zero attached hydrogens (tertiary/aromatic N) is 1. The Morgan fingerprint density at radius 1 is 1.06 bits per heavy atom. The van der Waals surface area contributed by atoms with Crippen LogP contribution in [0.25, 0.3) is 20.8 Å². The number of methoxy groups -OCH3 is 1. The van der Waals surface area contributed by atoms with Gasteiger partial charge in [-0.25, -0.2) is 4.98 Å². The first-order valence-corrected chi connectivity index (χ1v) is 11.3. The lowest BCUT2D eigenvalue weighted by atomic mass is 10.0. The number of aromatic nitrogens is 1. The summed E-state index contributed by atoms with van der Waals surface area (Å²) < 4.78 is 12.5. The van der Waals surface area contributed by atoms with Gasteiger partial charge in [0.25, 0.3) is 5.91 Å². The Morgan fingerprint density at radius 2 is 1.88 bits per heavy atom. The summed E-state index contributed by atoms with van der Waals surface area (Å²) in [5.41, 5.74) is 4.64. The van der Waals surface area contributed by atoms with Crippen LogP contribution in [0.4, 0.5) is 5.69 Å². The van der Waals surface area contributed by atoms with Gasteiger partial charge in [-0.1, -0.05) is 38.1 Å². The maximum atomic E-state index is 12.7. The van der Waals surface area contributed by atoms with Gasteiger partial charge in [0.15, 0.2) is 6.61 Å². The lowest BCUT2D eigenvalue weighted by Gasteiger charge is -2.15. The number of carbonyl (C=O) groups is 1. The molecule has 3 aromatic carbocycles. The van der Waals surface area contributed by atoms with Crippen molar-refractivity contribution in [3.05, 3.63) is 71.8 Å². The number of hydrogen-bond acceptors (Lipinski definition) is 5. The van der Waals surface area contributed by atoms with Gasteiger partial charge in [0, 0.05) is 5.56 Å². The van der Waals surface area contributed by atoms with Crippen LogP contribution in [0.2, 0.25) is 0 Å². The monoisotopic (exact) mass is 446 g/mol. The van der Waals surface area contributed by atoms with E-state index >= 15 is 0 Å². The second-order valence-corrected chi connectivity index (χ2v) is 8.97. The molecule has 0 saturated carbocycles. The van der Waals surface area contributed by atoms with E-state index in [1.807, 2.05) is 49.4 Å². The van der Waals surface area contributed by atoms with Gasteiger partial charge >= 0.3 is 0 Å². The van der Waals surface area contributed by atoms with Crippen molar-refractivity contribution in [3.8, 4) is 22.1 Å². The molecule has 1 aromatic heterocycles. The van der Waals surface area contributed by atoms with Crippen LogP contribution in [0.3, 0.4) is 0 Å². The van der Waals surface area contributed by atoms with Gasteiger partial charge in [-0.2, -0.15) is 0 Å². The first kappa shape index (κ1) is 21.8. The maximum Gasteiger partial charge on any atom is 0.262 e. The molecule has 0 bridgehead atoms. The van der Waals surface area contributed by atoms with E-state index in [2.05, 4.69) is 37.4 Å². The molecule has 0 unspecified atom stereocenters. The van der Waals surface area contributed by atoms with E-state index in [1.54, 1.807) is 18.4 Å². The normalized spacial score (nSPS) is 11.0. The molecule has 0 fully saturated rings. The Hall–Kier alpha value is -3.38. The number of nitrogens with one attached hydrogen (secondary N) is 1. The number of anilines is 1. The van der Waals surface area contributed by atoms with Crippen LogP contribution < -0.4 is 14.8 Å². The summed E-state index contributed by atoms with van der Waals surface area (Å²) in [5.74, 6) is 1.38. The van der Waals surface area contributed by atoms with Crippen LogP contribution in [0.5, 0.6) is 11.5 Å². The van der Waals surface area contributed by atoms with Gasteiger partial charge in [0.05, 0.1) is 23.0 Å². The van der Waals surface area contributed by atoms with Crippen molar-refractivity contribution in [2.75, 3.05) is 19.0 Å². The molecule has 6 heteroatoms. The molecule has 5 nitrogen and oxygen atoms in total. The van der Waals surface area contributed by atoms with Crippen molar-refractivity contribution >= 4 is 33.1 Å². The Balaban J connectivity index is 1.53. The average molecular weight is 447 g/mol. The van der Waals surface area contributed by atoms with E-state index < -0.39 is 0 Å². The van der Waals surface area contributed by atoms with Crippen LogP contribution >= 0.6 is 11.3 Å². The largest absolute Gasteiger partial charge is 0.495 e. The molecule has 4 aromatic rings. The summed E-state index contributed by atoms with van der Waals surface area (Å²) in [4.78, 5) is 17.4. The highest BCUT2D eigenvalue weighted by Crippen LogP contribution is 2.35. The predicted octanol–water partition coefficient (Wildman–Crippen LogP) is 6.42. The topological polar surface area (TPSA) is 60.5 Å². The van der Waals surface area contributed by atoms with Crippen molar-refractivity contribution < 1.29 is 14.3 Å². The minimum atomic E-state index is -0.249. The predicted molar refractivity (Wildman–Crippen MR) is 131 cm³/mol. The number of thiazole rings is 1. The van der Waals surface area contributed by atoms with Crippen molar-refractivity contribution in [2.24, 2.45) is 0 Å². The Morgan fingerprint density at radius 3 is 2.62 bits per heavy atom. The second-order valence-electron chi connectivity index (χ2n) is 7.93. The number of aryl methyl sites for hydroxylation is 1. The molecular weight excluding hydrogens is 420 g/mol. The van der Waals surface area contributed by atoms with Crippen LogP contribution in [-0.4, -0.2) is 24.6 Å². The lowest BCUT2D eigenvalue weighted by Crippen LogP contribution is -2.21. The number of carbonyl (C=O) groups excluding carboxylic acids is 1. The fourth-order valence-corrected chi connectivity index (χ4v) is 4.47. The molecule has 4 rings (SSSR count). The van der Waals surface area contributed by atoms with Crippen molar-refractivity contribution in [3.63, 3.8) is 0 Å². The highest BCUT2D eigenvalue weighted by Gasteiger charge is 2.14. The molecule has 0 spiro atoms. The number of fused-ring (bicyclic) bond motifs is 1. The molecule has 1 amide bonds. The van der Waals surface area contributed by atoms with Gasteiger partial charge in [-0.05, 0) is 60.4 Å². The first-order chi connectivity index (χ1) is 15.4. The number of hydrogen-bond donors (Lipinski definition) is 1. The first-order valence-electron chi connectivity index (χ1n) is 10.5. The summed E-state index contributed by atoms with van der Waals surface area (Å²) in [6, 6.07) is 19.8. The molecule has 0 aliphatic carbocycles. The van der Waals surface area contributed by atoms with Crippen LogP contribution in [-0.2, 0) is 4.79 Å². The van der Waals surface area contributed by atoms with E-state index in [4.69, 9.17) is 14.5 Å². The smallest absolute Gasteiger partial charge is 0.262 e. The zero-order valence-electron chi connectivity index (χ0n) is 18.6. The molecule has 0 aliphatic rings. The summed E-state index contributed by atoms with van der Waals surface area (Å²) in [7, 11) is 1.58. The fourth-order valence-electron chi connectivity index (χ4n) is 3.51. The summed E-state index contributed by atoms with van der Waals surface area (Å²) in [6.07, 6.45) is 0. The van der Waals surface area contributed by atoms with E-state index in [0.717, 1.165) is 37.7 Å². The van der Waals surface area contributed by atoms with Crippen molar-refractivity contribution in [1.29, 1.82) is 0 Å². The number of amides is 1. The fraction of sp³-hybridized carbons (Fsp3) is 0.231. The van der Waals surface area contributed by atoms with Crippen LogP contribution in [0, 0.1) is 6.92 Å². The molecule has 0 saturated heterocycles. The SMILES string of the molecule is COc1ccc(-c2nc3ccccc3s2)cc1NC(=O)COc1cc(C)ccc1C(C)C. The summed E-state index contributed by atoms with van der Waals surface area (Å²) in [6.45, 7) is 6.14. The summed E-state index contributed by atoms with van der Waals surface area (Å²) >= 11 is 1.62. The minimum Gasteiger partial charge on any atom is -0.495 e. The molecule has 1 N–H and O–H groups in total. The van der Waals surface area contributed by atoms with E-state index in [-0.39, 0.29) is 12.5 Å². The van der Waals surface area contributed by atoms with Gasteiger partial charge in [0.2, 0.25) is 0 Å². The Labute approximate surface area is 192 Å². The molecular formula is C26H26N2O3S. The molecule has 0 atom stereocenters. The number of rotatable bonds is 7. The zero-order chi connectivity index (χ0) is 22.7. The third-order valence-corrected chi connectivity index (χ3v) is 6.25. The van der Waals surface area contributed by atoms with Crippen LogP contribution in [0.1, 0.15) is 30.9 Å². The molecule has 0 radical (unpaired) electrons. The van der Waals surface area contributed by atoms with Crippen LogP contribution in [0.15, 0.2) is 60.7 Å². The lowest BCUT2D eigenvalue weighted by molar-refractivity contribution is -0.118. The Bertz CT molecular complexity index is 1230. The Kier molecular flexibility index (Phi) is 6.42. The highest BCUT2D eigenvalue weighted by molar-refractivity contribution is 7.21. The average Bonchev–Trinajstić information content (AvgIpc) is 3.22. The van der Waals surface area contributed by atoms with Gasteiger partial charge in [0.1, 0.15) is 16.5 Å². The molecule has 164 valence electrons. The van der Waals surface area contributed by atoms with E-state index in [1.165, 1.54) is 0 Å². The summed E-state index contributed by atoms with van der Waals surface area (Å²) in [5, 5.41) is 3.82. The number of benzene rings is 3. The van der Waals surface area contributed by atoms with Crippen molar-refractivity contribution in [2.45, 2.75) is 26.7 Å². The maximum absolute atomic E-state index is 12.7. The molecule has 0 aliphatic heterocycles. The third-order valence-electron chi connectivity index (χ3n) is 5.16. The van der Waals surface area contributed by atoms with E-state index in [9.17, 15) is 4.79 Å². The second kappa shape index (κ2) is 9.40. The number of para-hydroxylation sites is 1. The highest BCUT2D eigenvalue weighted by atomic mass is 32.1. The quantitative estimate of drug-likeness (QED) is 0.356. The van der Waals surface area contributed by atoms with Crippen molar-refractivity contribution in [1.82, 2.24) is 4.98 Å². The molecule has 1 heterocycles. The van der Waals surface area contributed by atoms with Gasteiger partial charge < -0.3 is 14.8 Å². The molecule has 32 heavy (non-hydrogen) atoms. The third kappa shape index (κ3) is 4.75. The standard InChI is InChI=1S/C26H26N2O3S/c1-16(2)19-11-9-17(3)13-23(19)31-15-25(29)27-21-14-18(10-12-22(21)30-4)26-28-20-7-5-6-8-24(20)32-26/h5-14,16H,15H2,1-4H3,(H,27,29). The number of ether oxygens (including phenoxy) is 2.